The number of aromatic hydroxyl groups is 1. The van der Waals surface area contributed by atoms with E-state index in [9.17, 15) is 9.90 Å². The first-order chi connectivity index (χ1) is 19.5. The second-order valence-electron chi connectivity index (χ2n) is 11.1. The van der Waals surface area contributed by atoms with Crippen molar-refractivity contribution in [2.24, 2.45) is 0 Å². The average molecular weight is 571 g/mol. The number of ether oxygens (including phenoxy) is 1. The lowest BCUT2D eigenvalue weighted by Gasteiger charge is -2.23. The first-order valence-electron chi connectivity index (χ1n) is 13.9. The molecule has 4 aromatic carbocycles. The van der Waals surface area contributed by atoms with E-state index < -0.39 is 25.7 Å². The Morgan fingerprint density at radius 1 is 0.829 bits per heavy atom. The average Bonchev–Trinajstić information content (AvgIpc) is 2.97. The number of phenols is 1. The molecule has 3 nitrogen and oxygen atoms in total. The number of benzene rings is 4. The molecule has 4 aromatic rings. The van der Waals surface area contributed by atoms with Crippen LogP contribution in [0, 0.1) is 11.6 Å². The van der Waals surface area contributed by atoms with Gasteiger partial charge in [-0.15, -0.1) is 0 Å². The molecule has 0 spiro atoms. The summed E-state index contributed by atoms with van der Waals surface area (Å²) in [5.74, 6) is -2.67. The summed E-state index contributed by atoms with van der Waals surface area (Å²) in [4.78, 5) is 11.7. The van der Waals surface area contributed by atoms with Crippen LogP contribution >= 0.6 is 0 Å². The maximum atomic E-state index is 15.3. The topological polar surface area (TPSA) is 46.5 Å². The Morgan fingerprint density at radius 2 is 1.34 bits per heavy atom. The van der Waals surface area contributed by atoms with Crippen LogP contribution in [0.15, 0.2) is 91.0 Å². The third kappa shape index (κ3) is 6.83. The third-order valence-corrected chi connectivity index (χ3v) is 11.0. The summed E-state index contributed by atoms with van der Waals surface area (Å²) < 4.78 is 35.7. The normalized spacial score (nSPS) is 11.4. The predicted molar refractivity (Wildman–Crippen MR) is 166 cm³/mol. The van der Waals surface area contributed by atoms with E-state index in [-0.39, 0.29) is 34.6 Å². The summed E-state index contributed by atoms with van der Waals surface area (Å²) in [5.41, 5.74) is 3.71. The Kier molecular flexibility index (Phi) is 9.23. The van der Waals surface area contributed by atoms with Gasteiger partial charge in [-0.05, 0) is 41.3 Å². The first-order valence-corrected chi connectivity index (χ1v) is 17.1. The standard InChI is InChI=1S/C35H36F2O3Si/c1-6-7-20-41(4,5)29-15-12-25(13-16-29)24-8-10-26(11-9-24)30-17-18-31(34(37)33(30)36)27-14-19-32(38)28(21-27)22-40-35(39)23(2)3/h8-19,21,38H,2,6-7,20,22H2,1,3-5H3. The van der Waals surface area contributed by atoms with Gasteiger partial charge in [0.05, 0.1) is 8.07 Å². The molecule has 0 saturated carbocycles. The molecule has 0 fully saturated rings. The number of esters is 1. The van der Waals surface area contributed by atoms with Crippen molar-refractivity contribution in [3.8, 4) is 39.1 Å². The fourth-order valence-electron chi connectivity index (χ4n) is 4.85. The summed E-state index contributed by atoms with van der Waals surface area (Å²) in [6, 6.07) is 24.9. The van der Waals surface area contributed by atoms with Crippen molar-refractivity contribution in [2.75, 3.05) is 0 Å². The largest absolute Gasteiger partial charge is 0.508 e. The van der Waals surface area contributed by atoms with Crippen LogP contribution in [-0.2, 0) is 16.1 Å². The highest BCUT2D eigenvalue weighted by atomic mass is 28.3. The summed E-state index contributed by atoms with van der Waals surface area (Å²) in [6.45, 7) is 11.9. The Balaban J connectivity index is 1.55. The highest BCUT2D eigenvalue weighted by Gasteiger charge is 2.22. The minimum absolute atomic E-state index is 0.0425. The number of hydrogen-bond donors (Lipinski definition) is 1. The van der Waals surface area contributed by atoms with E-state index in [0.29, 0.717) is 11.1 Å². The number of rotatable bonds is 10. The molecule has 0 amide bonds. The lowest BCUT2D eigenvalue weighted by atomic mass is 9.96. The molecule has 6 heteroatoms. The van der Waals surface area contributed by atoms with Gasteiger partial charge < -0.3 is 9.84 Å². The second-order valence-corrected chi connectivity index (χ2v) is 16.0. The molecule has 41 heavy (non-hydrogen) atoms. The Morgan fingerprint density at radius 3 is 1.90 bits per heavy atom. The quantitative estimate of drug-likeness (QED) is 0.118. The molecule has 0 unspecified atom stereocenters. The zero-order valence-corrected chi connectivity index (χ0v) is 25.1. The molecule has 0 aliphatic carbocycles. The highest BCUT2D eigenvalue weighted by Crippen LogP contribution is 2.34. The van der Waals surface area contributed by atoms with E-state index in [0.717, 1.165) is 11.1 Å². The lowest BCUT2D eigenvalue weighted by Crippen LogP contribution is -2.40. The summed E-state index contributed by atoms with van der Waals surface area (Å²) in [6.07, 6.45) is 2.46. The van der Waals surface area contributed by atoms with Crippen LogP contribution in [0.2, 0.25) is 19.1 Å². The maximum absolute atomic E-state index is 15.3. The van der Waals surface area contributed by atoms with Crippen molar-refractivity contribution in [2.45, 2.75) is 52.4 Å². The van der Waals surface area contributed by atoms with Gasteiger partial charge in [0.25, 0.3) is 0 Å². The molecule has 0 saturated heterocycles. The van der Waals surface area contributed by atoms with Crippen LogP contribution in [0.4, 0.5) is 8.78 Å². The van der Waals surface area contributed by atoms with Crippen molar-refractivity contribution in [3.05, 3.63) is 108 Å². The number of unbranched alkanes of at least 4 members (excludes halogenated alkanes) is 1. The number of carbonyl (C=O) groups excluding carboxylic acids is 1. The number of carbonyl (C=O) groups is 1. The highest BCUT2D eigenvalue weighted by molar-refractivity contribution is 6.89. The van der Waals surface area contributed by atoms with Crippen LogP contribution in [0.1, 0.15) is 32.3 Å². The van der Waals surface area contributed by atoms with E-state index in [1.54, 1.807) is 18.2 Å². The van der Waals surface area contributed by atoms with Crippen LogP contribution < -0.4 is 5.19 Å². The maximum Gasteiger partial charge on any atom is 0.333 e. The second kappa shape index (κ2) is 12.6. The first kappa shape index (κ1) is 29.9. The van der Waals surface area contributed by atoms with Gasteiger partial charge in [0.1, 0.15) is 12.4 Å². The van der Waals surface area contributed by atoms with Crippen molar-refractivity contribution in [1.82, 2.24) is 0 Å². The fourth-order valence-corrected chi connectivity index (χ4v) is 7.44. The van der Waals surface area contributed by atoms with Gasteiger partial charge >= 0.3 is 5.97 Å². The van der Waals surface area contributed by atoms with Gasteiger partial charge in [-0.25, -0.2) is 13.6 Å². The van der Waals surface area contributed by atoms with E-state index in [2.05, 4.69) is 50.9 Å². The molecule has 1 N–H and O–H groups in total. The Bertz CT molecular complexity index is 1560. The zero-order chi connectivity index (χ0) is 29.7. The minimum Gasteiger partial charge on any atom is -0.508 e. The zero-order valence-electron chi connectivity index (χ0n) is 24.1. The molecule has 0 aromatic heterocycles. The van der Waals surface area contributed by atoms with E-state index in [1.165, 1.54) is 55.3 Å². The molecule has 0 aliphatic rings. The van der Waals surface area contributed by atoms with Gasteiger partial charge in [0.15, 0.2) is 11.6 Å². The van der Waals surface area contributed by atoms with Crippen LogP contribution in [0.5, 0.6) is 5.75 Å². The molecule has 0 bridgehead atoms. The summed E-state index contributed by atoms with van der Waals surface area (Å²) >= 11 is 0. The molecular formula is C35H36F2O3Si. The van der Waals surface area contributed by atoms with Crippen LogP contribution in [0.3, 0.4) is 0 Å². The van der Waals surface area contributed by atoms with E-state index in [1.807, 2.05) is 12.1 Å². The van der Waals surface area contributed by atoms with Crippen molar-refractivity contribution >= 4 is 19.2 Å². The summed E-state index contributed by atoms with van der Waals surface area (Å²) in [7, 11) is -1.45. The van der Waals surface area contributed by atoms with Crippen molar-refractivity contribution in [3.63, 3.8) is 0 Å². The Hall–Kier alpha value is -4.03. The Labute approximate surface area is 242 Å². The van der Waals surface area contributed by atoms with Gasteiger partial charge in [-0.2, -0.15) is 0 Å². The van der Waals surface area contributed by atoms with Gasteiger partial charge in [0.2, 0.25) is 0 Å². The SMILES string of the molecule is C=C(C)C(=O)OCc1cc(-c2ccc(-c3ccc(-c4ccc([Si](C)(C)CCCC)cc4)cc3)c(F)c2F)ccc1O. The monoisotopic (exact) mass is 570 g/mol. The molecule has 0 atom stereocenters. The smallest absolute Gasteiger partial charge is 0.333 e. The minimum atomic E-state index is -1.45. The number of phenolic OH excluding ortho intramolecular Hbond substituents is 1. The van der Waals surface area contributed by atoms with E-state index in [4.69, 9.17) is 4.74 Å². The van der Waals surface area contributed by atoms with Crippen LogP contribution in [-0.4, -0.2) is 19.1 Å². The number of hydrogen-bond acceptors (Lipinski definition) is 3. The van der Waals surface area contributed by atoms with E-state index >= 15 is 8.78 Å². The third-order valence-electron chi connectivity index (χ3n) is 7.53. The molecule has 0 radical (unpaired) electrons. The van der Waals surface area contributed by atoms with Gasteiger partial charge in [-0.3, -0.25) is 0 Å². The summed E-state index contributed by atoms with van der Waals surface area (Å²) in [5, 5.41) is 11.6. The van der Waals surface area contributed by atoms with Gasteiger partial charge in [-0.1, -0.05) is 117 Å². The molecule has 0 aliphatic heterocycles. The van der Waals surface area contributed by atoms with Gasteiger partial charge in [0, 0.05) is 22.3 Å². The molecule has 212 valence electrons. The van der Waals surface area contributed by atoms with Crippen molar-refractivity contribution < 1.29 is 23.4 Å². The van der Waals surface area contributed by atoms with Crippen LogP contribution in [0.25, 0.3) is 33.4 Å². The fraction of sp³-hybridized carbons (Fsp3) is 0.229. The molecule has 0 heterocycles. The molecule has 4 rings (SSSR count). The number of halogens is 2. The lowest BCUT2D eigenvalue weighted by molar-refractivity contribution is -0.140. The predicted octanol–water partition coefficient (Wildman–Crippen LogP) is 9.01. The molecular weight excluding hydrogens is 534 g/mol. The van der Waals surface area contributed by atoms with Crippen molar-refractivity contribution in [1.29, 1.82) is 0 Å².